The Bertz CT molecular complexity index is 134. The molecule has 0 radical (unpaired) electrons. The molecule has 0 saturated heterocycles. The van der Waals surface area contributed by atoms with Crippen molar-refractivity contribution in [1.29, 1.82) is 0 Å². The largest absolute Gasteiger partial charge is 0.328 e. The van der Waals surface area contributed by atoms with E-state index in [4.69, 9.17) is 5.73 Å². The summed E-state index contributed by atoms with van der Waals surface area (Å²) >= 11 is 0. The Morgan fingerprint density at radius 2 is 1.92 bits per heavy atom. The first-order valence-electron chi connectivity index (χ1n) is 4.96. The summed E-state index contributed by atoms with van der Waals surface area (Å²) in [6.07, 6.45) is 4.20. The van der Waals surface area contributed by atoms with E-state index in [9.17, 15) is 4.79 Å². The normalized spacial score (nSPS) is 28.7. The SMILES string of the molecule is CC.CC(=O)C1CCCC(N)C1. The van der Waals surface area contributed by atoms with Gasteiger partial charge in [0.15, 0.2) is 0 Å². The molecule has 0 aromatic carbocycles. The van der Waals surface area contributed by atoms with Crippen molar-refractivity contribution in [2.45, 2.75) is 52.5 Å². The minimum absolute atomic E-state index is 0.267. The summed E-state index contributed by atoms with van der Waals surface area (Å²) in [5.74, 6) is 0.582. The third-order valence-corrected chi connectivity index (χ3v) is 2.29. The van der Waals surface area contributed by atoms with E-state index in [1.807, 2.05) is 13.8 Å². The molecule has 12 heavy (non-hydrogen) atoms. The van der Waals surface area contributed by atoms with Gasteiger partial charge in [-0.1, -0.05) is 20.3 Å². The lowest BCUT2D eigenvalue weighted by atomic mass is 9.84. The number of nitrogens with two attached hydrogens (primary N) is 1. The molecule has 72 valence electrons. The van der Waals surface area contributed by atoms with Gasteiger partial charge >= 0.3 is 0 Å². The predicted octanol–water partition coefficient (Wildman–Crippen LogP) is 2.12. The first-order valence-corrected chi connectivity index (χ1v) is 4.96. The summed E-state index contributed by atoms with van der Waals surface area (Å²) in [6.45, 7) is 5.67. The summed E-state index contributed by atoms with van der Waals surface area (Å²) in [4.78, 5) is 10.9. The molecule has 0 bridgehead atoms. The van der Waals surface area contributed by atoms with Gasteiger partial charge in [0.05, 0.1) is 0 Å². The van der Waals surface area contributed by atoms with Crippen molar-refractivity contribution in [3.8, 4) is 0 Å². The van der Waals surface area contributed by atoms with Gasteiger partial charge in [-0.3, -0.25) is 4.79 Å². The fourth-order valence-corrected chi connectivity index (χ4v) is 1.60. The molecule has 1 saturated carbocycles. The smallest absolute Gasteiger partial charge is 0.132 e. The van der Waals surface area contributed by atoms with E-state index >= 15 is 0 Å². The fraction of sp³-hybridized carbons (Fsp3) is 0.900. The number of rotatable bonds is 1. The van der Waals surface area contributed by atoms with E-state index in [0.717, 1.165) is 25.7 Å². The van der Waals surface area contributed by atoms with Crippen LogP contribution in [0.3, 0.4) is 0 Å². The first-order chi connectivity index (χ1) is 5.70. The monoisotopic (exact) mass is 171 g/mol. The Morgan fingerprint density at radius 3 is 2.25 bits per heavy atom. The van der Waals surface area contributed by atoms with Gasteiger partial charge in [0.2, 0.25) is 0 Å². The topological polar surface area (TPSA) is 43.1 Å². The van der Waals surface area contributed by atoms with Crippen LogP contribution in [0.5, 0.6) is 0 Å². The maximum Gasteiger partial charge on any atom is 0.132 e. The summed E-state index contributed by atoms with van der Waals surface area (Å²) in [5.41, 5.74) is 5.71. The van der Waals surface area contributed by atoms with Gasteiger partial charge in [0.1, 0.15) is 5.78 Å². The molecule has 2 atom stereocenters. The highest BCUT2D eigenvalue weighted by molar-refractivity contribution is 5.78. The van der Waals surface area contributed by atoms with Crippen LogP contribution in [0.4, 0.5) is 0 Å². The quantitative estimate of drug-likeness (QED) is 0.656. The molecule has 2 nitrogen and oxygen atoms in total. The van der Waals surface area contributed by atoms with Gasteiger partial charge in [-0.2, -0.15) is 0 Å². The number of hydrogen-bond donors (Lipinski definition) is 1. The number of carbonyl (C=O) groups is 1. The van der Waals surface area contributed by atoms with Crippen molar-refractivity contribution in [3.63, 3.8) is 0 Å². The molecule has 1 aliphatic carbocycles. The molecule has 0 heterocycles. The summed E-state index contributed by atoms with van der Waals surface area (Å²) in [7, 11) is 0. The van der Waals surface area contributed by atoms with Crippen molar-refractivity contribution in [3.05, 3.63) is 0 Å². The molecule has 2 unspecified atom stereocenters. The Kier molecular flexibility index (Phi) is 5.99. The summed E-state index contributed by atoms with van der Waals surface area (Å²) < 4.78 is 0. The zero-order valence-electron chi connectivity index (χ0n) is 8.47. The summed E-state index contributed by atoms with van der Waals surface area (Å²) in [6, 6.07) is 0.280. The molecule has 0 aromatic heterocycles. The molecule has 0 aliphatic heterocycles. The van der Waals surface area contributed by atoms with Gasteiger partial charge in [-0.25, -0.2) is 0 Å². The van der Waals surface area contributed by atoms with Crippen LogP contribution in [0, 0.1) is 5.92 Å². The Balaban J connectivity index is 0.000000561. The van der Waals surface area contributed by atoms with E-state index in [1.165, 1.54) is 0 Å². The van der Waals surface area contributed by atoms with Crippen LogP contribution in [0.15, 0.2) is 0 Å². The molecule has 0 amide bonds. The molecule has 0 spiro atoms. The van der Waals surface area contributed by atoms with Crippen LogP contribution in [-0.2, 0) is 4.79 Å². The second kappa shape index (κ2) is 6.18. The number of ketones is 1. The third-order valence-electron chi connectivity index (χ3n) is 2.29. The van der Waals surface area contributed by atoms with Crippen molar-refractivity contribution < 1.29 is 4.79 Å². The number of carbonyl (C=O) groups excluding carboxylic acids is 1. The second-order valence-corrected chi connectivity index (χ2v) is 3.23. The molecule has 2 heteroatoms. The number of hydrogen-bond acceptors (Lipinski definition) is 2. The molecule has 2 N–H and O–H groups in total. The third kappa shape index (κ3) is 3.86. The molecular weight excluding hydrogens is 150 g/mol. The van der Waals surface area contributed by atoms with Crippen LogP contribution < -0.4 is 5.73 Å². The fourth-order valence-electron chi connectivity index (χ4n) is 1.60. The van der Waals surface area contributed by atoms with Gasteiger partial charge < -0.3 is 5.73 Å². The maximum atomic E-state index is 10.9. The summed E-state index contributed by atoms with van der Waals surface area (Å²) in [5, 5.41) is 0. The lowest BCUT2D eigenvalue weighted by molar-refractivity contribution is -0.121. The van der Waals surface area contributed by atoms with E-state index in [1.54, 1.807) is 6.92 Å². The zero-order chi connectivity index (χ0) is 9.56. The average Bonchev–Trinajstić information content (AvgIpc) is 2.08. The Labute approximate surface area is 75.5 Å². The Morgan fingerprint density at radius 1 is 1.33 bits per heavy atom. The lowest BCUT2D eigenvalue weighted by Gasteiger charge is -2.24. The van der Waals surface area contributed by atoms with E-state index < -0.39 is 0 Å². The predicted molar refractivity (Wildman–Crippen MR) is 52.0 cm³/mol. The molecule has 1 fully saturated rings. The van der Waals surface area contributed by atoms with Crippen molar-refractivity contribution >= 4 is 5.78 Å². The standard InChI is InChI=1S/C8H15NO.C2H6/c1-6(10)7-3-2-4-8(9)5-7;1-2/h7-8H,2-5,9H2,1H3;1-2H3. The maximum absolute atomic E-state index is 10.9. The minimum atomic E-state index is 0.267. The highest BCUT2D eigenvalue weighted by Gasteiger charge is 2.21. The van der Waals surface area contributed by atoms with Crippen LogP contribution in [0.1, 0.15) is 46.5 Å². The minimum Gasteiger partial charge on any atom is -0.328 e. The molecule has 1 rings (SSSR count). The van der Waals surface area contributed by atoms with Gasteiger partial charge in [0, 0.05) is 12.0 Å². The van der Waals surface area contributed by atoms with E-state index in [2.05, 4.69) is 0 Å². The molecular formula is C10H21NO. The van der Waals surface area contributed by atoms with Crippen LogP contribution in [-0.4, -0.2) is 11.8 Å². The van der Waals surface area contributed by atoms with E-state index in [0.29, 0.717) is 5.78 Å². The first kappa shape index (κ1) is 11.6. The Hall–Kier alpha value is -0.370. The van der Waals surface area contributed by atoms with Crippen LogP contribution >= 0.6 is 0 Å². The zero-order valence-corrected chi connectivity index (χ0v) is 8.47. The average molecular weight is 171 g/mol. The van der Waals surface area contributed by atoms with Crippen LogP contribution in [0.25, 0.3) is 0 Å². The van der Waals surface area contributed by atoms with Crippen LogP contribution in [0.2, 0.25) is 0 Å². The van der Waals surface area contributed by atoms with Gasteiger partial charge in [0.25, 0.3) is 0 Å². The molecule has 0 aromatic rings. The van der Waals surface area contributed by atoms with Crippen molar-refractivity contribution in [2.75, 3.05) is 0 Å². The van der Waals surface area contributed by atoms with Crippen molar-refractivity contribution in [1.82, 2.24) is 0 Å². The van der Waals surface area contributed by atoms with Gasteiger partial charge in [-0.15, -0.1) is 0 Å². The van der Waals surface area contributed by atoms with Crippen molar-refractivity contribution in [2.24, 2.45) is 11.7 Å². The van der Waals surface area contributed by atoms with Gasteiger partial charge in [-0.05, 0) is 26.2 Å². The highest BCUT2D eigenvalue weighted by Crippen LogP contribution is 2.23. The number of Topliss-reactive ketones (excluding diaryl/α,β-unsaturated/α-hetero) is 1. The second-order valence-electron chi connectivity index (χ2n) is 3.23. The molecule has 1 aliphatic rings. The van der Waals surface area contributed by atoms with E-state index in [-0.39, 0.29) is 12.0 Å². The highest BCUT2D eigenvalue weighted by atomic mass is 16.1. The lowest BCUT2D eigenvalue weighted by Crippen LogP contribution is -2.30.